The molecule has 1 aliphatic heterocycles. The Bertz CT molecular complexity index is 496. The molecule has 1 amide bonds. The molecule has 166 valence electrons. The summed E-state index contributed by atoms with van der Waals surface area (Å²) in [6.45, 7) is 9.58. The zero-order chi connectivity index (χ0) is 20.5. The Morgan fingerprint density at radius 1 is 1.25 bits per heavy atom. The maximum atomic E-state index is 12.2. The summed E-state index contributed by atoms with van der Waals surface area (Å²) in [5.41, 5.74) is -0.517. The molecule has 0 spiro atoms. The zero-order valence-corrected chi connectivity index (χ0v) is 19.5. The number of hydrogen-bond donors (Lipinski definition) is 2. The van der Waals surface area contributed by atoms with Crippen LogP contribution in [0, 0.1) is 5.92 Å². The predicted octanol–water partition coefficient (Wildman–Crippen LogP) is 4.15. The van der Waals surface area contributed by atoms with Crippen molar-refractivity contribution >= 4 is 36.0 Å². The van der Waals surface area contributed by atoms with Crippen LogP contribution in [-0.4, -0.2) is 61.5 Å². The molecule has 1 fully saturated rings. The van der Waals surface area contributed by atoms with Gasteiger partial charge in [0, 0.05) is 32.7 Å². The monoisotopic (exact) mass is 522 g/mol. The molecule has 1 aliphatic rings. The highest BCUT2D eigenvalue weighted by Gasteiger charge is 2.28. The highest BCUT2D eigenvalue weighted by atomic mass is 127. The molecule has 0 radical (unpaired) electrons. The van der Waals surface area contributed by atoms with E-state index in [4.69, 9.17) is 4.74 Å². The van der Waals surface area contributed by atoms with Crippen molar-refractivity contribution in [3.8, 4) is 0 Å². The summed E-state index contributed by atoms with van der Waals surface area (Å²) in [6, 6.07) is 0. The van der Waals surface area contributed by atoms with Crippen LogP contribution in [0.3, 0.4) is 0 Å². The number of likely N-dealkylation sites (tertiary alicyclic amines) is 1. The summed E-state index contributed by atoms with van der Waals surface area (Å²) >= 11 is 0. The summed E-state index contributed by atoms with van der Waals surface area (Å²) in [5, 5.41) is 5.65. The van der Waals surface area contributed by atoms with Gasteiger partial charge in [0.2, 0.25) is 0 Å². The second-order valence-corrected chi connectivity index (χ2v) is 7.78. The van der Waals surface area contributed by atoms with E-state index in [1.807, 2.05) is 27.7 Å². The summed E-state index contributed by atoms with van der Waals surface area (Å²) in [4.78, 5) is 18.3. The van der Waals surface area contributed by atoms with E-state index in [1.54, 1.807) is 4.90 Å². The third-order valence-electron chi connectivity index (χ3n) is 4.02. The number of halogens is 4. The summed E-state index contributed by atoms with van der Waals surface area (Å²) in [6.07, 6.45) is -2.68. The van der Waals surface area contributed by atoms with Crippen LogP contribution >= 0.6 is 24.0 Å². The predicted molar refractivity (Wildman–Crippen MR) is 115 cm³/mol. The zero-order valence-electron chi connectivity index (χ0n) is 17.2. The van der Waals surface area contributed by atoms with E-state index in [0.717, 1.165) is 19.3 Å². The number of amides is 1. The number of aliphatic imine (C=N–C) groups is 1. The number of alkyl halides is 3. The highest BCUT2D eigenvalue weighted by Crippen LogP contribution is 2.22. The van der Waals surface area contributed by atoms with E-state index < -0.39 is 18.2 Å². The maximum Gasteiger partial charge on any atom is 0.410 e. The highest BCUT2D eigenvalue weighted by molar-refractivity contribution is 14.0. The normalized spacial score (nSPS) is 18.3. The molecule has 1 saturated heterocycles. The van der Waals surface area contributed by atoms with E-state index in [-0.39, 0.29) is 36.6 Å². The molecule has 10 heteroatoms. The van der Waals surface area contributed by atoms with Crippen LogP contribution < -0.4 is 10.6 Å². The van der Waals surface area contributed by atoms with Crippen LogP contribution in [0.1, 0.15) is 53.4 Å². The van der Waals surface area contributed by atoms with Gasteiger partial charge in [-0.3, -0.25) is 4.99 Å². The number of nitrogens with one attached hydrogen (secondary N) is 2. The number of piperidine rings is 1. The van der Waals surface area contributed by atoms with Crippen LogP contribution in [0.15, 0.2) is 4.99 Å². The topological polar surface area (TPSA) is 66.0 Å². The van der Waals surface area contributed by atoms with Gasteiger partial charge in [-0.2, -0.15) is 13.2 Å². The number of guanidine groups is 1. The Morgan fingerprint density at radius 2 is 1.93 bits per heavy atom. The van der Waals surface area contributed by atoms with Crippen molar-refractivity contribution < 1.29 is 22.7 Å². The van der Waals surface area contributed by atoms with Gasteiger partial charge in [0.1, 0.15) is 5.60 Å². The fraction of sp³-hybridized carbons (Fsp3) is 0.889. The third-order valence-corrected chi connectivity index (χ3v) is 4.02. The number of hydrogen-bond acceptors (Lipinski definition) is 3. The molecule has 0 aliphatic carbocycles. The van der Waals surface area contributed by atoms with Crippen molar-refractivity contribution in [3.05, 3.63) is 0 Å². The van der Waals surface area contributed by atoms with Crippen molar-refractivity contribution in [2.24, 2.45) is 10.9 Å². The average Bonchev–Trinajstić information content (AvgIpc) is 2.52. The van der Waals surface area contributed by atoms with Gasteiger partial charge in [0.15, 0.2) is 5.96 Å². The van der Waals surface area contributed by atoms with Gasteiger partial charge in [-0.1, -0.05) is 0 Å². The summed E-state index contributed by atoms with van der Waals surface area (Å²) < 4.78 is 42.2. The number of rotatable bonds is 6. The van der Waals surface area contributed by atoms with E-state index in [2.05, 4.69) is 15.6 Å². The fourth-order valence-corrected chi connectivity index (χ4v) is 2.82. The van der Waals surface area contributed by atoms with Crippen LogP contribution in [0.4, 0.5) is 18.0 Å². The smallest absolute Gasteiger partial charge is 0.410 e. The first-order chi connectivity index (χ1) is 12.5. The molecule has 0 aromatic rings. The second-order valence-electron chi connectivity index (χ2n) is 7.78. The minimum atomic E-state index is -4.18. The summed E-state index contributed by atoms with van der Waals surface area (Å²) in [5.74, 6) is 0.703. The number of carbonyl (C=O) groups is 1. The molecule has 0 bridgehead atoms. The molecule has 28 heavy (non-hydrogen) atoms. The molecule has 1 heterocycles. The minimum absolute atomic E-state index is 0. The van der Waals surface area contributed by atoms with Crippen LogP contribution in [-0.2, 0) is 4.74 Å². The van der Waals surface area contributed by atoms with Crippen molar-refractivity contribution in [2.75, 3.05) is 32.7 Å². The molecule has 1 rings (SSSR count). The van der Waals surface area contributed by atoms with Gasteiger partial charge in [-0.25, -0.2) is 4.79 Å². The lowest BCUT2D eigenvalue weighted by Crippen LogP contribution is -2.43. The number of ether oxygens (including phenoxy) is 1. The van der Waals surface area contributed by atoms with E-state index in [0.29, 0.717) is 38.1 Å². The first-order valence-corrected chi connectivity index (χ1v) is 9.57. The molecule has 0 aromatic heterocycles. The van der Waals surface area contributed by atoms with Crippen molar-refractivity contribution in [1.82, 2.24) is 15.5 Å². The third kappa shape index (κ3) is 12.5. The Hall–Kier alpha value is -0.940. The van der Waals surface area contributed by atoms with E-state index in [1.165, 1.54) is 0 Å². The van der Waals surface area contributed by atoms with E-state index >= 15 is 0 Å². The van der Waals surface area contributed by atoms with Crippen molar-refractivity contribution in [3.63, 3.8) is 0 Å². The Morgan fingerprint density at radius 3 is 2.50 bits per heavy atom. The summed E-state index contributed by atoms with van der Waals surface area (Å²) in [7, 11) is 0. The Balaban J connectivity index is 0.00000729. The average molecular weight is 522 g/mol. The lowest BCUT2D eigenvalue weighted by atomic mass is 9.95. The molecule has 0 saturated carbocycles. The van der Waals surface area contributed by atoms with Gasteiger partial charge in [0.05, 0.1) is 6.42 Å². The van der Waals surface area contributed by atoms with Crippen LogP contribution in [0.2, 0.25) is 0 Å². The van der Waals surface area contributed by atoms with Crippen LogP contribution in [0.25, 0.3) is 0 Å². The molecule has 6 nitrogen and oxygen atoms in total. The Kier molecular flexibility index (Phi) is 12.2. The second kappa shape index (κ2) is 12.6. The maximum absolute atomic E-state index is 12.2. The minimum Gasteiger partial charge on any atom is -0.444 e. The quantitative estimate of drug-likeness (QED) is 0.313. The molecule has 2 N–H and O–H groups in total. The number of nitrogens with zero attached hydrogens (tertiary/aromatic N) is 2. The van der Waals surface area contributed by atoms with E-state index in [9.17, 15) is 18.0 Å². The lowest BCUT2D eigenvalue weighted by molar-refractivity contribution is -0.132. The first-order valence-electron chi connectivity index (χ1n) is 9.57. The van der Waals surface area contributed by atoms with Crippen molar-refractivity contribution in [2.45, 2.75) is 65.2 Å². The standard InChI is InChI=1S/C18H33F3N4O2.HI/c1-5-22-15(24-11-9-18(19,20)21)23-10-8-14-7-6-12-25(13-14)16(26)27-17(2,3)4;/h14H,5-13H2,1-4H3,(H2,22,23,24);1H. The first kappa shape index (κ1) is 27.1. The van der Waals surface area contributed by atoms with Gasteiger partial charge in [0.25, 0.3) is 0 Å². The van der Waals surface area contributed by atoms with Gasteiger partial charge < -0.3 is 20.3 Å². The fourth-order valence-electron chi connectivity index (χ4n) is 2.82. The van der Waals surface area contributed by atoms with Gasteiger partial charge in [-0.05, 0) is 52.9 Å². The van der Waals surface area contributed by atoms with Gasteiger partial charge in [-0.15, -0.1) is 24.0 Å². The van der Waals surface area contributed by atoms with Crippen molar-refractivity contribution in [1.29, 1.82) is 0 Å². The molecule has 0 aromatic carbocycles. The Labute approximate surface area is 183 Å². The molecular weight excluding hydrogens is 488 g/mol. The largest absolute Gasteiger partial charge is 0.444 e. The molecule has 1 atom stereocenters. The SMILES string of the molecule is CCNC(=NCCC1CCCN(C(=O)OC(C)(C)C)C1)NCCC(F)(F)F.I. The van der Waals surface area contributed by atoms with Gasteiger partial charge >= 0.3 is 12.3 Å². The van der Waals surface area contributed by atoms with Crippen LogP contribution in [0.5, 0.6) is 0 Å². The lowest BCUT2D eigenvalue weighted by Gasteiger charge is -2.34. The molecular formula is C18H34F3IN4O2. The molecule has 1 unspecified atom stereocenters. The number of carbonyl (C=O) groups excluding carboxylic acids is 1.